The molecular weight excluding hydrogens is 140 g/mol. The molecule has 0 aliphatic carbocycles. The fraction of sp³-hybridized carbons (Fsp3) is 0.625. The molecule has 0 saturated carbocycles. The molecule has 0 aliphatic heterocycles. The first-order chi connectivity index (χ1) is 5.36. The Hall–Kier alpha value is -0.830. The third kappa shape index (κ3) is 2.35. The molecule has 62 valence electrons. The zero-order chi connectivity index (χ0) is 8.10. The van der Waals surface area contributed by atoms with Crippen LogP contribution in [0.2, 0.25) is 0 Å². The molecule has 0 unspecified atom stereocenters. The third-order valence-corrected chi connectivity index (χ3v) is 1.60. The van der Waals surface area contributed by atoms with Crippen LogP contribution in [0.15, 0.2) is 12.3 Å². The van der Waals surface area contributed by atoms with Crippen LogP contribution in [0, 0.1) is 0 Å². The Labute approximate surface area is 66.7 Å². The smallest absolute Gasteiger partial charge is 0.0621 e. The summed E-state index contributed by atoms with van der Waals surface area (Å²) in [4.78, 5) is 0. The summed E-state index contributed by atoms with van der Waals surface area (Å²) >= 11 is 0. The van der Waals surface area contributed by atoms with E-state index in [0.717, 1.165) is 25.1 Å². The molecule has 1 N–H and O–H groups in total. The quantitative estimate of drug-likeness (QED) is 0.697. The van der Waals surface area contributed by atoms with Gasteiger partial charge in [-0.1, -0.05) is 6.92 Å². The lowest BCUT2D eigenvalue weighted by atomic mass is 10.4. The van der Waals surface area contributed by atoms with Crippen LogP contribution in [0.1, 0.15) is 19.0 Å². The number of hydrogen-bond donors (Lipinski definition) is 1. The number of hydrogen-bond acceptors (Lipinski definition) is 2. The molecule has 0 fully saturated rings. The van der Waals surface area contributed by atoms with Gasteiger partial charge in [-0.3, -0.25) is 4.68 Å². The summed E-state index contributed by atoms with van der Waals surface area (Å²) in [6, 6.07) is 2.01. The van der Waals surface area contributed by atoms with Crippen molar-refractivity contribution in [3.05, 3.63) is 18.0 Å². The monoisotopic (exact) mass is 154 g/mol. The maximum Gasteiger partial charge on any atom is 0.0621 e. The first-order valence-electron chi connectivity index (χ1n) is 4.00. The van der Waals surface area contributed by atoms with E-state index in [0.29, 0.717) is 0 Å². The molecule has 0 aliphatic rings. The molecule has 0 amide bonds. The average molecular weight is 154 g/mol. The Balaban J connectivity index is 2.44. The molecule has 0 saturated heterocycles. The minimum atomic E-state index is 0.237. The summed E-state index contributed by atoms with van der Waals surface area (Å²) in [5.74, 6) is 0. The summed E-state index contributed by atoms with van der Waals surface area (Å²) in [5, 5.41) is 12.8. The molecule has 0 bridgehead atoms. The van der Waals surface area contributed by atoms with Crippen molar-refractivity contribution in [1.82, 2.24) is 9.78 Å². The van der Waals surface area contributed by atoms with E-state index in [1.54, 1.807) is 0 Å². The molecule has 0 aromatic carbocycles. The van der Waals surface area contributed by atoms with Gasteiger partial charge in [0, 0.05) is 19.3 Å². The summed E-state index contributed by atoms with van der Waals surface area (Å²) in [6.45, 7) is 3.14. The predicted molar refractivity (Wildman–Crippen MR) is 43.3 cm³/mol. The fourth-order valence-electron chi connectivity index (χ4n) is 0.950. The predicted octanol–water partition coefficient (Wildman–Crippen LogP) is 0.828. The van der Waals surface area contributed by atoms with Crippen molar-refractivity contribution < 1.29 is 5.11 Å². The molecule has 3 nitrogen and oxygen atoms in total. The van der Waals surface area contributed by atoms with Gasteiger partial charge in [-0.25, -0.2) is 0 Å². The van der Waals surface area contributed by atoms with Crippen molar-refractivity contribution >= 4 is 0 Å². The van der Waals surface area contributed by atoms with E-state index >= 15 is 0 Å². The first-order valence-corrected chi connectivity index (χ1v) is 4.00. The molecule has 11 heavy (non-hydrogen) atoms. The summed E-state index contributed by atoms with van der Waals surface area (Å²) in [6.07, 6.45) is 3.71. The number of aryl methyl sites for hydroxylation is 2. The highest BCUT2D eigenvalue weighted by Crippen LogP contribution is 1.96. The van der Waals surface area contributed by atoms with Crippen molar-refractivity contribution in [3.8, 4) is 0 Å². The Morgan fingerprint density at radius 3 is 3.00 bits per heavy atom. The summed E-state index contributed by atoms with van der Waals surface area (Å²) < 4.78 is 1.87. The van der Waals surface area contributed by atoms with Crippen molar-refractivity contribution in [2.45, 2.75) is 26.3 Å². The highest BCUT2D eigenvalue weighted by molar-refractivity contribution is 4.97. The van der Waals surface area contributed by atoms with Gasteiger partial charge in [-0.15, -0.1) is 0 Å². The summed E-state index contributed by atoms with van der Waals surface area (Å²) in [7, 11) is 0. The van der Waals surface area contributed by atoms with Gasteiger partial charge in [0.15, 0.2) is 0 Å². The van der Waals surface area contributed by atoms with Gasteiger partial charge in [0.25, 0.3) is 0 Å². The normalized spacial score (nSPS) is 10.4. The Morgan fingerprint density at radius 1 is 1.64 bits per heavy atom. The van der Waals surface area contributed by atoms with Crippen LogP contribution in [0.4, 0.5) is 0 Å². The van der Waals surface area contributed by atoms with E-state index in [4.69, 9.17) is 5.11 Å². The van der Waals surface area contributed by atoms with Crippen molar-refractivity contribution in [2.75, 3.05) is 6.61 Å². The van der Waals surface area contributed by atoms with Crippen molar-refractivity contribution in [1.29, 1.82) is 0 Å². The molecular formula is C8H14N2O. The van der Waals surface area contributed by atoms with Gasteiger partial charge in [-0.05, 0) is 18.9 Å². The zero-order valence-electron chi connectivity index (χ0n) is 6.82. The molecule has 0 radical (unpaired) electrons. The third-order valence-electron chi connectivity index (χ3n) is 1.60. The number of rotatable bonds is 4. The Bertz CT molecular complexity index is 208. The van der Waals surface area contributed by atoms with Gasteiger partial charge in [0.2, 0.25) is 0 Å². The van der Waals surface area contributed by atoms with E-state index < -0.39 is 0 Å². The maximum absolute atomic E-state index is 8.55. The first kappa shape index (κ1) is 8.27. The van der Waals surface area contributed by atoms with Gasteiger partial charge in [0.1, 0.15) is 0 Å². The standard InChI is InChI=1S/C8H14N2O/c1-2-8-4-6-10(9-8)5-3-7-11/h4,6,11H,2-3,5,7H2,1H3. The zero-order valence-corrected chi connectivity index (χ0v) is 6.82. The highest BCUT2D eigenvalue weighted by Gasteiger charge is 1.94. The van der Waals surface area contributed by atoms with Gasteiger partial charge in [-0.2, -0.15) is 5.10 Å². The molecule has 1 aromatic rings. The van der Waals surface area contributed by atoms with Crippen molar-refractivity contribution in [3.63, 3.8) is 0 Å². The van der Waals surface area contributed by atoms with Crippen molar-refractivity contribution in [2.24, 2.45) is 0 Å². The van der Waals surface area contributed by atoms with E-state index in [1.165, 1.54) is 0 Å². The second kappa shape index (κ2) is 4.13. The Morgan fingerprint density at radius 2 is 2.45 bits per heavy atom. The number of nitrogens with zero attached hydrogens (tertiary/aromatic N) is 2. The van der Waals surface area contributed by atoms with Crippen LogP contribution in [-0.2, 0) is 13.0 Å². The lowest BCUT2D eigenvalue weighted by molar-refractivity contribution is 0.277. The fourth-order valence-corrected chi connectivity index (χ4v) is 0.950. The topological polar surface area (TPSA) is 38.0 Å². The van der Waals surface area contributed by atoms with Crippen LogP contribution >= 0.6 is 0 Å². The number of aliphatic hydroxyl groups is 1. The van der Waals surface area contributed by atoms with Gasteiger partial charge in [0.05, 0.1) is 5.69 Å². The van der Waals surface area contributed by atoms with Crippen LogP contribution in [-0.4, -0.2) is 21.5 Å². The second-order valence-electron chi connectivity index (χ2n) is 2.50. The van der Waals surface area contributed by atoms with E-state index in [-0.39, 0.29) is 6.61 Å². The molecule has 1 aromatic heterocycles. The average Bonchev–Trinajstić information content (AvgIpc) is 2.48. The lowest BCUT2D eigenvalue weighted by Gasteiger charge is -1.96. The van der Waals surface area contributed by atoms with E-state index in [1.807, 2.05) is 16.9 Å². The van der Waals surface area contributed by atoms with Crippen LogP contribution in [0.3, 0.4) is 0 Å². The van der Waals surface area contributed by atoms with Crippen LogP contribution < -0.4 is 0 Å². The molecule has 3 heteroatoms. The number of aliphatic hydroxyl groups excluding tert-OH is 1. The second-order valence-corrected chi connectivity index (χ2v) is 2.50. The summed E-state index contributed by atoms with van der Waals surface area (Å²) in [5.41, 5.74) is 1.11. The SMILES string of the molecule is CCc1ccn(CCCO)n1. The molecule has 0 atom stereocenters. The minimum absolute atomic E-state index is 0.237. The molecule has 0 spiro atoms. The Kier molecular flexibility index (Phi) is 3.11. The molecule has 1 rings (SSSR count). The maximum atomic E-state index is 8.55. The van der Waals surface area contributed by atoms with Gasteiger partial charge < -0.3 is 5.11 Å². The van der Waals surface area contributed by atoms with E-state index in [2.05, 4.69) is 12.0 Å². The van der Waals surface area contributed by atoms with Crippen LogP contribution in [0.25, 0.3) is 0 Å². The minimum Gasteiger partial charge on any atom is -0.396 e. The highest BCUT2D eigenvalue weighted by atomic mass is 16.3. The number of aromatic nitrogens is 2. The molecule has 1 heterocycles. The van der Waals surface area contributed by atoms with E-state index in [9.17, 15) is 0 Å². The lowest BCUT2D eigenvalue weighted by Crippen LogP contribution is -2.00. The van der Waals surface area contributed by atoms with Crippen LogP contribution in [0.5, 0.6) is 0 Å². The largest absolute Gasteiger partial charge is 0.396 e. The van der Waals surface area contributed by atoms with Gasteiger partial charge >= 0.3 is 0 Å².